The third-order valence-corrected chi connectivity index (χ3v) is 2.40. The quantitative estimate of drug-likeness (QED) is 0.836. The van der Waals surface area contributed by atoms with Gasteiger partial charge in [-0.25, -0.2) is 8.78 Å². The fraction of sp³-hybridized carbons (Fsp3) is 0.417. The van der Waals surface area contributed by atoms with Gasteiger partial charge in [0.1, 0.15) is 5.75 Å². The van der Waals surface area contributed by atoms with E-state index in [2.05, 4.69) is 0 Å². The van der Waals surface area contributed by atoms with Gasteiger partial charge in [-0.1, -0.05) is 12.1 Å². The van der Waals surface area contributed by atoms with Gasteiger partial charge in [0.15, 0.2) is 0 Å². The lowest BCUT2D eigenvalue weighted by Gasteiger charge is -2.10. The van der Waals surface area contributed by atoms with Crippen LogP contribution in [0.15, 0.2) is 18.2 Å². The Bertz CT molecular complexity index is 391. The van der Waals surface area contributed by atoms with Gasteiger partial charge in [-0.05, 0) is 24.5 Å². The molecule has 1 N–H and O–H groups in total. The highest BCUT2D eigenvalue weighted by atomic mass is 19.3. The second kappa shape index (κ2) is 6.18. The zero-order valence-corrected chi connectivity index (χ0v) is 9.45. The van der Waals surface area contributed by atoms with Gasteiger partial charge in [-0.2, -0.15) is 0 Å². The summed E-state index contributed by atoms with van der Waals surface area (Å²) >= 11 is 0. The van der Waals surface area contributed by atoms with Crippen LogP contribution >= 0.6 is 0 Å². The molecule has 0 aliphatic heterocycles. The van der Waals surface area contributed by atoms with Crippen LogP contribution in [0, 0.1) is 0 Å². The Labute approximate surface area is 98.0 Å². The molecule has 0 aliphatic rings. The number of carbonyl (C=O) groups is 1. The van der Waals surface area contributed by atoms with Gasteiger partial charge in [-0.15, -0.1) is 0 Å². The lowest BCUT2D eigenvalue weighted by atomic mass is 10.0. The molecule has 0 spiro atoms. The Kier molecular flexibility index (Phi) is 4.87. The third kappa shape index (κ3) is 4.01. The van der Waals surface area contributed by atoms with E-state index in [1.807, 2.05) is 0 Å². The summed E-state index contributed by atoms with van der Waals surface area (Å²) in [5.74, 6) is -0.485. The largest absolute Gasteiger partial charge is 0.496 e. The van der Waals surface area contributed by atoms with Crippen molar-refractivity contribution in [3.63, 3.8) is 0 Å². The summed E-state index contributed by atoms with van der Waals surface area (Å²) in [7, 11) is 1.41. The molecule has 17 heavy (non-hydrogen) atoms. The van der Waals surface area contributed by atoms with Crippen molar-refractivity contribution in [3.05, 3.63) is 29.3 Å². The Hall–Kier alpha value is -1.65. The molecule has 0 saturated heterocycles. The van der Waals surface area contributed by atoms with Crippen molar-refractivity contribution in [2.75, 3.05) is 7.11 Å². The second-order valence-corrected chi connectivity index (χ2v) is 3.62. The summed E-state index contributed by atoms with van der Waals surface area (Å²) in [5.41, 5.74) is 0.655. The Morgan fingerprint density at radius 1 is 1.47 bits per heavy atom. The lowest BCUT2D eigenvalue weighted by molar-refractivity contribution is -0.137. The Morgan fingerprint density at radius 2 is 2.18 bits per heavy atom. The normalized spacial score (nSPS) is 10.6. The molecular formula is C12H14F2O3. The van der Waals surface area contributed by atoms with E-state index < -0.39 is 12.4 Å². The number of methoxy groups -OCH3 is 1. The van der Waals surface area contributed by atoms with E-state index in [4.69, 9.17) is 9.84 Å². The number of ether oxygens (including phenoxy) is 1. The molecule has 0 fully saturated rings. The number of hydrogen-bond acceptors (Lipinski definition) is 2. The van der Waals surface area contributed by atoms with Crippen molar-refractivity contribution >= 4 is 5.97 Å². The summed E-state index contributed by atoms with van der Waals surface area (Å²) < 4.78 is 29.9. The SMILES string of the molecule is COc1cc(C(F)F)ccc1CCCC(=O)O. The van der Waals surface area contributed by atoms with E-state index in [1.54, 1.807) is 6.07 Å². The standard InChI is InChI=1S/C12H14F2O3/c1-17-10-7-9(12(13)14)6-5-8(10)3-2-4-11(15)16/h5-7,12H,2-4H2,1H3,(H,15,16). The molecular weight excluding hydrogens is 230 g/mol. The van der Waals surface area contributed by atoms with Crippen LogP contribution in [-0.4, -0.2) is 18.2 Å². The van der Waals surface area contributed by atoms with Gasteiger partial charge in [0.05, 0.1) is 7.11 Å². The number of benzene rings is 1. The molecule has 0 heterocycles. The first-order chi connectivity index (χ1) is 8.04. The highest BCUT2D eigenvalue weighted by Gasteiger charge is 2.11. The molecule has 0 radical (unpaired) electrons. The van der Waals surface area contributed by atoms with Crippen molar-refractivity contribution in [2.45, 2.75) is 25.7 Å². The van der Waals surface area contributed by atoms with Crippen LogP contribution in [0.5, 0.6) is 5.75 Å². The van der Waals surface area contributed by atoms with Crippen LogP contribution in [-0.2, 0) is 11.2 Å². The number of carboxylic acid groups (broad SMARTS) is 1. The molecule has 0 aromatic heterocycles. The maximum atomic E-state index is 12.4. The summed E-state index contributed by atoms with van der Waals surface area (Å²) in [6.45, 7) is 0. The fourth-order valence-electron chi connectivity index (χ4n) is 1.53. The van der Waals surface area contributed by atoms with Crippen LogP contribution in [0.1, 0.15) is 30.4 Å². The number of rotatable bonds is 6. The molecule has 1 aromatic carbocycles. The fourth-order valence-corrected chi connectivity index (χ4v) is 1.53. The first kappa shape index (κ1) is 13.4. The van der Waals surface area contributed by atoms with Gasteiger partial charge >= 0.3 is 5.97 Å². The number of alkyl halides is 2. The highest BCUT2D eigenvalue weighted by Crippen LogP contribution is 2.27. The topological polar surface area (TPSA) is 46.5 Å². The van der Waals surface area contributed by atoms with Crippen molar-refractivity contribution in [2.24, 2.45) is 0 Å². The third-order valence-electron chi connectivity index (χ3n) is 2.40. The number of hydrogen-bond donors (Lipinski definition) is 1. The van der Waals surface area contributed by atoms with Crippen LogP contribution in [0.4, 0.5) is 8.78 Å². The average molecular weight is 244 g/mol. The van der Waals surface area contributed by atoms with Gasteiger partial charge in [0.2, 0.25) is 0 Å². The molecule has 5 heteroatoms. The van der Waals surface area contributed by atoms with Gasteiger partial charge in [-0.3, -0.25) is 4.79 Å². The van der Waals surface area contributed by atoms with E-state index in [0.29, 0.717) is 18.6 Å². The van der Waals surface area contributed by atoms with Gasteiger partial charge < -0.3 is 9.84 Å². The average Bonchev–Trinajstić information content (AvgIpc) is 2.28. The minimum atomic E-state index is -2.53. The Balaban J connectivity index is 2.74. The summed E-state index contributed by atoms with van der Waals surface area (Å²) in [4.78, 5) is 10.4. The van der Waals surface area contributed by atoms with E-state index in [0.717, 1.165) is 5.56 Å². The van der Waals surface area contributed by atoms with Crippen LogP contribution in [0.2, 0.25) is 0 Å². The molecule has 94 valence electrons. The zero-order valence-electron chi connectivity index (χ0n) is 9.45. The summed E-state index contributed by atoms with van der Waals surface area (Å²) in [6, 6.07) is 4.19. The van der Waals surface area contributed by atoms with E-state index >= 15 is 0 Å². The predicted octanol–water partition coefficient (Wildman–Crippen LogP) is 3.04. The van der Waals surface area contributed by atoms with Gasteiger partial charge in [0, 0.05) is 12.0 Å². The van der Waals surface area contributed by atoms with Crippen LogP contribution in [0.25, 0.3) is 0 Å². The van der Waals surface area contributed by atoms with Crippen LogP contribution in [0.3, 0.4) is 0 Å². The molecule has 0 unspecified atom stereocenters. The van der Waals surface area contributed by atoms with Crippen molar-refractivity contribution in [1.29, 1.82) is 0 Å². The molecule has 3 nitrogen and oxygen atoms in total. The molecule has 0 atom stereocenters. The maximum Gasteiger partial charge on any atom is 0.303 e. The Morgan fingerprint density at radius 3 is 2.71 bits per heavy atom. The summed E-state index contributed by atoms with van der Waals surface area (Å²) in [5, 5.41) is 8.50. The number of aliphatic carboxylic acids is 1. The lowest BCUT2D eigenvalue weighted by Crippen LogP contribution is -1.98. The number of halogens is 2. The van der Waals surface area contributed by atoms with Crippen LogP contribution < -0.4 is 4.74 Å². The highest BCUT2D eigenvalue weighted by molar-refractivity contribution is 5.66. The van der Waals surface area contributed by atoms with E-state index in [1.165, 1.54) is 19.2 Å². The van der Waals surface area contributed by atoms with Gasteiger partial charge in [0.25, 0.3) is 6.43 Å². The van der Waals surface area contributed by atoms with Crippen molar-refractivity contribution in [3.8, 4) is 5.75 Å². The molecule has 0 aliphatic carbocycles. The molecule has 0 saturated carbocycles. The molecule has 1 aromatic rings. The number of aryl methyl sites for hydroxylation is 1. The summed E-state index contributed by atoms with van der Waals surface area (Å²) in [6.07, 6.45) is -1.52. The minimum Gasteiger partial charge on any atom is -0.496 e. The monoisotopic (exact) mass is 244 g/mol. The second-order valence-electron chi connectivity index (χ2n) is 3.62. The molecule has 1 rings (SSSR count). The first-order valence-electron chi connectivity index (χ1n) is 5.21. The molecule has 0 bridgehead atoms. The zero-order chi connectivity index (χ0) is 12.8. The van der Waals surface area contributed by atoms with E-state index in [-0.39, 0.29) is 12.0 Å². The predicted molar refractivity (Wildman–Crippen MR) is 58.5 cm³/mol. The smallest absolute Gasteiger partial charge is 0.303 e. The number of carboxylic acids is 1. The first-order valence-corrected chi connectivity index (χ1v) is 5.21. The maximum absolute atomic E-state index is 12.4. The minimum absolute atomic E-state index is 0.0553. The molecule has 0 amide bonds. The van der Waals surface area contributed by atoms with Crippen molar-refractivity contribution < 1.29 is 23.4 Å². The van der Waals surface area contributed by atoms with Crippen molar-refractivity contribution in [1.82, 2.24) is 0 Å². The van der Waals surface area contributed by atoms with E-state index in [9.17, 15) is 13.6 Å².